The predicted molar refractivity (Wildman–Crippen MR) is 94.2 cm³/mol. The molecule has 3 rings (SSSR count). The first-order valence-electron chi connectivity index (χ1n) is 7.62. The van der Waals surface area contributed by atoms with Crippen LogP contribution in [0, 0.1) is 6.92 Å². The summed E-state index contributed by atoms with van der Waals surface area (Å²) >= 11 is 1.78. The number of hydrogen-bond acceptors (Lipinski definition) is 2. The van der Waals surface area contributed by atoms with Crippen molar-refractivity contribution in [1.29, 1.82) is 0 Å². The van der Waals surface area contributed by atoms with Gasteiger partial charge in [0, 0.05) is 9.75 Å². The molecule has 22 heavy (non-hydrogen) atoms. The van der Waals surface area contributed by atoms with Gasteiger partial charge in [-0.25, -0.2) is 0 Å². The SMILES string of the molecule is Cc1ccc(-c2ccccc2C(O)CCc2ccccc2)s1. The fraction of sp³-hybridized carbons (Fsp3) is 0.200. The molecule has 1 unspecified atom stereocenters. The van der Waals surface area contributed by atoms with Crippen LogP contribution in [0.2, 0.25) is 0 Å². The van der Waals surface area contributed by atoms with Crippen molar-refractivity contribution in [2.45, 2.75) is 25.9 Å². The number of aliphatic hydroxyl groups excluding tert-OH is 1. The van der Waals surface area contributed by atoms with Crippen LogP contribution in [0.25, 0.3) is 10.4 Å². The Morgan fingerprint density at radius 2 is 1.64 bits per heavy atom. The lowest BCUT2D eigenvalue weighted by atomic mass is 9.96. The Hall–Kier alpha value is -1.90. The molecule has 2 aromatic carbocycles. The maximum Gasteiger partial charge on any atom is 0.0799 e. The zero-order valence-electron chi connectivity index (χ0n) is 12.7. The predicted octanol–water partition coefficient (Wildman–Crippen LogP) is 5.39. The van der Waals surface area contributed by atoms with Gasteiger partial charge in [-0.05, 0) is 48.6 Å². The van der Waals surface area contributed by atoms with Crippen LogP contribution in [0.4, 0.5) is 0 Å². The van der Waals surface area contributed by atoms with Crippen LogP contribution in [0.15, 0.2) is 66.7 Å². The minimum Gasteiger partial charge on any atom is -0.388 e. The van der Waals surface area contributed by atoms with Crippen molar-refractivity contribution in [3.63, 3.8) is 0 Å². The van der Waals surface area contributed by atoms with E-state index in [0.717, 1.165) is 24.0 Å². The molecular formula is C20H20OS. The lowest BCUT2D eigenvalue weighted by molar-refractivity contribution is 0.168. The molecule has 1 N–H and O–H groups in total. The van der Waals surface area contributed by atoms with Crippen LogP contribution in [0.1, 0.15) is 28.5 Å². The fourth-order valence-corrected chi connectivity index (χ4v) is 3.61. The number of hydrogen-bond donors (Lipinski definition) is 1. The monoisotopic (exact) mass is 308 g/mol. The van der Waals surface area contributed by atoms with E-state index in [1.54, 1.807) is 11.3 Å². The maximum absolute atomic E-state index is 10.6. The molecule has 112 valence electrons. The van der Waals surface area contributed by atoms with Gasteiger partial charge in [-0.2, -0.15) is 0 Å². The molecule has 2 heteroatoms. The smallest absolute Gasteiger partial charge is 0.0799 e. The third-order valence-corrected chi connectivity index (χ3v) is 4.91. The molecule has 0 amide bonds. The lowest BCUT2D eigenvalue weighted by Crippen LogP contribution is -2.01. The van der Waals surface area contributed by atoms with Crippen molar-refractivity contribution in [1.82, 2.24) is 0 Å². The number of aliphatic hydroxyl groups is 1. The Bertz CT molecular complexity index is 730. The molecule has 0 aliphatic carbocycles. The van der Waals surface area contributed by atoms with E-state index in [1.165, 1.54) is 15.3 Å². The first kappa shape index (κ1) is 15.0. The Kier molecular flexibility index (Phi) is 4.71. The first-order chi connectivity index (χ1) is 10.7. The van der Waals surface area contributed by atoms with E-state index in [1.807, 2.05) is 36.4 Å². The molecule has 0 fully saturated rings. The van der Waals surface area contributed by atoms with Gasteiger partial charge in [0.1, 0.15) is 0 Å². The summed E-state index contributed by atoms with van der Waals surface area (Å²) < 4.78 is 0. The van der Waals surface area contributed by atoms with E-state index in [9.17, 15) is 5.11 Å². The van der Waals surface area contributed by atoms with Crippen molar-refractivity contribution in [3.05, 3.63) is 82.7 Å². The molecule has 1 nitrogen and oxygen atoms in total. The molecule has 1 heterocycles. The van der Waals surface area contributed by atoms with Gasteiger partial charge in [0.05, 0.1) is 6.10 Å². The van der Waals surface area contributed by atoms with Crippen molar-refractivity contribution in [2.24, 2.45) is 0 Å². The Morgan fingerprint density at radius 1 is 0.909 bits per heavy atom. The van der Waals surface area contributed by atoms with E-state index >= 15 is 0 Å². The van der Waals surface area contributed by atoms with Crippen LogP contribution >= 0.6 is 11.3 Å². The Labute approximate surface area is 135 Å². The Morgan fingerprint density at radius 3 is 2.36 bits per heavy atom. The minimum atomic E-state index is -0.432. The normalized spacial score (nSPS) is 12.3. The highest BCUT2D eigenvalue weighted by molar-refractivity contribution is 7.15. The number of rotatable bonds is 5. The molecule has 3 aromatic rings. The fourth-order valence-electron chi connectivity index (χ4n) is 2.69. The Balaban J connectivity index is 1.79. The summed E-state index contributed by atoms with van der Waals surface area (Å²) in [7, 11) is 0. The summed E-state index contributed by atoms with van der Waals surface area (Å²) in [6, 6.07) is 22.8. The summed E-state index contributed by atoms with van der Waals surface area (Å²) in [6.07, 6.45) is 1.20. The number of benzene rings is 2. The summed E-state index contributed by atoms with van der Waals surface area (Å²) in [5, 5.41) is 10.6. The summed E-state index contributed by atoms with van der Waals surface area (Å²) in [4.78, 5) is 2.52. The molecule has 0 radical (unpaired) electrons. The van der Waals surface area contributed by atoms with Gasteiger partial charge in [0.25, 0.3) is 0 Å². The summed E-state index contributed by atoms with van der Waals surface area (Å²) in [5.74, 6) is 0. The lowest BCUT2D eigenvalue weighted by Gasteiger charge is -2.15. The highest BCUT2D eigenvalue weighted by Gasteiger charge is 2.14. The first-order valence-corrected chi connectivity index (χ1v) is 8.43. The molecule has 0 bridgehead atoms. The molecule has 0 saturated carbocycles. The van der Waals surface area contributed by atoms with Gasteiger partial charge < -0.3 is 5.11 Å². The largest absolute Gasteiger partial charge is 0.388 e. The van der Waals surface area contributed by atoms with Gasteiger partial charge >= 0.3 is 0 Å². The highest BCUT2D eigenvalue weighted by Crippen LogP contribution is 2.34. The second-order valence-electron chi connectivity index (χ2n) is 5.54. The average Bonchev–Trinajstić information content (AvgIpc) is 3.00. The van der Waals surface area contributed by atoms with Crippen molar-refractivity contribution in [2.75, 3.05) is 0 Å². The van der Waals surface area contributed by atoms with E-state index in [0.29, 0.717) is 0 Å². The summed E-state index contributed by atoms with van der Waals surface area (Å²) in [5.41, 5.74) is 3.45. The van der Waals surface area contributed by atoms with E-state index in [4.69, 9.17) is 0 Å². The highest BCUT2D eigenvalue weighted by atomic mass is 32.1. The molecule has 0 aliphatic rings. The molecule has 0 saturated heterocycles. The standard InChI is InChI=1S/C20H20OS/c1-15-11-14-20(22-15)18-10-6-5-9-17(18)19(21)13-12-16-7-3-2-4-8-16/h2-11,14,19,21H,12-13H2,1H3. The third-order valence-electron chi connectivity index (χ3n) is 3.87. The van der Waals surface area contributed by atoms with Crippen LogP contribution in [-0.2, 0) is 6.42 Å². The topological polar surface area (TPSA) is 20.2 Å². The number of aryl methyl sites for hydroxylation is 2. The minimum absolute atomic E-state index is 0.432. The van der Waals surface area contributed by atoms with Crippen molar-refractivity contribution < 1.29 is 5.11 Å². The van der Waals surface area contributed by atoms with E-state index < -0.39 is 6.10 Å². The van der Waals surface area contributed by atoms with Crippen LogP contribution < -0.4 is 0 Å². The molecular weight excluding hydrogens is 288 g/mol. The number of thiophene rings is 1. The van der Waals surface area contributed by atoms with Crippen molar-refractivity contribution in [3.8, 4) is 10.4 Å². The van der Waals surface area contributed by atoms with Crippen molar-refractivity contribution >= 4 is 11.3 Å². The van der Waals surface area contributed by atoms with Gasteiger partial charge in [0.15, 0.2) is 0 Å². The van der Waals surface area contributed by atoms with Gasteiger partial charge in [-0.3, -0.25) is 0 Å². The van der Waals surface area contributed by atoms with E-state index in [2.05, 4.69) is 37.3 Å². The quantitative estimate of drug-likeness (QED) is 0.670. The van der Waals surface area contributed by atoms with Gasteiger partial charge in [-0.15, -0.1) is 11.3 Å². The van der Waals surface area contributed by atoms with Gasteiger partial charge in [-0.1, -0.05) is 54.6 Å². The summed E-state index contributed by atoms with van der Waals surface area (Å²) in [6.45, 7) is 2.11. The second kappa shape index (κ2) is 6.91. The maximum atomic E-state index is 10.6. The van der Waals surface area contributed by atoms with E-state index in [-0.39, 0.29) is 0 Å². The van der Waals surface area contributed by atoms with Crippen LogP contribution in [0.5, 0.6) is 0 Å². The zero-order chi connectivity index (χ0) is 15.4. The zero-order valence-corrected chi connectivity index (χ0v) is 13.5. The van der Waals surface area contributed by atoms with Crippen LogP contribution in [0.3, 0.4) is 0 Å². The average molecular weight is 308 g/mol. The molecule has 0 aliphatic heterocycles. The van der Waals surface area contributed by atoms with Crippen LogP contribution in [-0.4, -0.2) is 5.11 Å². The third kappa shape index (κ3) is 3.46. The van der Waals surface area contributed by atoms with Gasteiger partial charge in [0.2, 0.25) is 0 Å². The molecule has 0 spiro atoms. The second-order valence-corrected chi connectivity index (χ2v) is 6.83. The molecule has 1 atom stereocenters. The molecule has 1 aromatic heterocycles.